The molecule has 0 bridgehead atoms. The Morgan fingerprint density at radius 1 is 1.39 bits per heavy atom. The monoisotopic (exact) mass is 312 g/mol. The number of nitrogens with two attached hydrogens (primary N) is 1. The van der Waals surface area contributed by atoms with Crippen LogP contribution in [0.25, 0.3) is 0 Å². The molecule has 3 nitrogen and oxygen atoms in total. The molecule has 18 heavy (non-hydrogen) atoms. The number of rotatable bonds is 3. The zero-order valence-electron chi connectivity index (χ0n) is 10.0. The third kappa shape index (κ3) is 5.31. The Bertz CT molecular complexity index is 352. The van der Waals surface area contributed by atoms with Gasteiger partial charge in [0.05, 0.1) is 12.7 Å². The molecule has 0 amide bonds. The zero-order valence-corrected chi connectivity index (χ0v) is 12.4. The molecule has 0 spiro atoms. The summed E-state index contributed by atoms with van der Waals surface area (Å²) < 4.78 is 5.53. The Kier molecular flexibility index (Phi) is 8.95. The first-order valence-corrected chi connectivity index (χ1v) is 5.94. The minimum atomic E-state index is 0. The number of hydrogen-bond donors (Lipinski definition) is 1. The first-order valence-electron chi connectivity index (χ1n) is 5.56. The Morgan fingerprint density at radius 3 is 2.83 bits per heavy atom. The number of halogens is 3. The molecule has 1 saturated heterocycles. The van der Waals surface area contributed by atoms with Gasteiger partial charge in [0.2, 0.25) is 0 Å². The van der Waals surface area contributed by atoms with Gasteiger partial charge in [0, 0.05) is 31.2 Å². The molecule has 1 heterocycles. The van der Waals surface area contributed by atoms with Gasteiger partial charge in [-0.05, 0) is 17.7 Å². The molecule has 0 aliphatic carbocycles. The van der Waals surface area contributed by atoms with Crippen LogP contribution in [0.15, 0.2) is 24.3 Å². The number of hydrogen-bond acceptors (Lipinski definition) is 3. The van der Waals surface area contributed by atoms with E-state index in [1.165, 1.54) is 5.56 Å². The molecular formula is C12H19Cl3N2O. The van der Waals surface area contributed by atoms with Gasteiger partial charge in [0.15, 0.2) is 0 Å². The third-order valence-corrected chi connectivity index (χ3v) is 3.02. The second-order valence-electron chi connectivity index (χ2n) is 4.09. The van der Waals surface area contributed by atoms with E-state index in [4.69, 9.17) is 22.1 Å². The Balaban J connectivity index is 0.00000144. The van der Waals surface area contributed by atoms with Gasteiger partial charge in [0.25, 0.3) is 0 Å². The van der Waals surface area contributed by atoms with Crippen molar-refractivity contribution < 1.29 is 4.74 Å². The topological polar surface area (TPSA) is 38.5 Å². The molecule has 1 aromatic rings. The molecular weight excluding hydrogens is 295 g/mol. The average molecular weight is 314 g/mol. The molecule has 104 valence electrons. The normalized spacial score (nSPS) is 19.8. The smallest absolute Gasteiger partial charge is 0.0824 e. The molecule has 1 atom stereocenters. The highest BCUT2D eigenvalue weighted by atomic mass is 35.5. The first kappa shape index (κ1) is 18.0. The largest absolute Gasteiger partial charge is 0.374 e. The van der Waals surface area contributed by atoms with Crippen molar-refractivity contribution in [1.29, 1.82) is 0 Å². The Morgan fingerprint density at radius 2 is 2.17 bits per heavy atom. The summed E-state index contributed by atoms with van der Waals surface area (Å²) in [7, 11) is 0. The molecule has 0 unspecified atom stereocenters. The fourth-order valence-corrected chi connectivity index (χ4v) is 2.17. The van der Waals surface area contributed by atoms with Crippen LogP contribution in [0, 0.1) is 0 Å². The molecule has 1 fully saturated rings. The SMILES string of the molecule is Cl.Cl.NC[C@H]1CN(Cc2cccc(Cl)c2)CCO1. The fraction of sp³-hybridized carbons (Fsp3) is 0.500. The van der Waals surface area contributed by atoms with Crippen molar-refractivity contribution in [1.82, 2.24) is 4.90 Å². The summed E-state index contributed by atoms with van der Waals surface area (Å²) in [5, 5.41) is 0.793. The van der Waals surface area contributed by atoms with Gasteiger partial charge in [-0.2, -0.15) is 0 Å². The maximum atomic E-state index is 5.96. The molecule has 6 heteroatoms. The predicted octanol–water partition coefficient (Wildman–Crippen LogP) is 2.34. The van der Waals surface area contributed by atoms with Crippen LogP contribution in [0.4, 0.5) is 0 Å². The second-order valence-corrected chi connectivity index (χ2v) is 4.53. The van der Waals surface area contributed by atoms with Crippen LogP contribution in [0.1, 0.15) is 5.56 Å². The minimum Gasteiger partial charge on any atom is -0.374 e. The highest BCUT2D eigenvalue weighted by Gasteiger charge is 2.18. The minimum absolute atomic E-state index is 0. The van der Waals surface area contributed by atoms with Crippen LogP contribution in [-0.4, -0.2) is 37.2 Å². The van der Waals surface area contributed by atoms with E-state index in [1.54, 1.807) is 0 Å². The Labute approximate surface area is 125 Å². The van der Waals surface area contributed by atoms with E-state index in [9.17, 15) is 0 Å². The van der Waals surface area contributed by atoms with E-state index in [0.717, 1.165) is 31.3 Å². The fourth-order valence-electron chi connectivity index (χ4n) is 1.96. The lowest BCUT2D eigenvalue weighted by atomic mass is 10.2. The van der Waals surface area contributed by atoms with E-state index < -0.39 is 0 Å². The predicted molar refractivity (Wildman–Crippen MR) is 80.0 cm³/mol. The van der Waals surface area contributed by atoms with Crippen molar-refractivity contribution in [2.24, 2.45) is 5.73 Å². The van der Waals surface area contributed by atoms with Gasteiger partial charge in [-0.25, -0.2) is 0 Å². The van der Waals surface area contributed by atoms with Crippen LogP contribution in [-0.2, 0) is 11.3 Å². The van der Waals surface area contributed by atoms with Crippen LogP contribution in [0.5, 0.6) is 0 Å². The number of nitrogens with zero attached hydrogens (tertiary/aromatic N) is 1. The number of ether oxygens (including phenoxy) is 1. The lowest BCUT2D eigenvalue weighted by molar-refractivity contribution is -0.0260. The van der Waals surface area contributed by atoms with E-state index >= 15 is 0 Å². The Hall–Kier alpha value is -0.0300. The second kappa shape index (κ2) is 8.97. The van der Waals surface area contributed by atoms with Crippen molar-refractivity contribution in [2.75, 3.05) is 26.2 Å². The quantitative estimate of drug-likeness (QED) is 0.931. The summed E-state index contributed by atoms with van der Waals surface area (Å²) >= 11 is 5.96. The highest BCUT2D eigenvalue weighted by molar-refractivity contribution is 6.30. The molecule has 0 radical (unpaired) electrons. The van der Waals surface area contributed by atoms with E-state index in [2.05, 4.69) is 11.0 Å². The van der Waals surface area contributed by atoms with Crippen LogP contribution >= 0.6 is 36.4 Å². The van der Waals surface area contributed by atoms with Gasteiger partial charge in [-0.3, -0.25) is 4.90 Å². The maximum Gasteiger partial charge on any atom is 0.0824 e. The van der Waals surface area contributed by atoms with Crippen molar-refractivity contribution >= 4 is 36.4 Å². The standard InChI is InChI=1S/C12H17ClN2O.2ClH/c13-11-3-1-2-10(6-11)8-15-4-5-16-12(7-14)9-15;;/h1-3,6,12H,4-5,7-9,14H2;2*1H/t12-;;/m0../s1. The van der Waals surface area contributed by atoms with E-state index in [-0.39, 0.29) is 30.9 Å². The van der Waals surface area contributed by atoms with E-state index in [0.29, 0.717) is 6.54 Å². The van der Waals surface area contributed by atoms with Gasteiger partial charge in [-0.15, -0.1) is 24.8 Å². The molecule has 2 N–H and O–H groups in total. The number of benzene rings is 1. The van der Waals surface area contributed by atoms with Crippen LogP contribution in [0.3, 0.4) is 0 Å². The van der Waals surface area contributed by atoms with Crippen molar-refractivity contribution in [3.05, 3.63) is 34.9 Å². The van der Waals surface area contributed by atoms with Crippen LogP contribution < -0.4 is 5.73 Å². The molecule has 1 aromatic carbocycles. The molecule has 1 aliphatic rings. The van der Waals surface area contributed by atoms with Crippen molar-refractivity contribution in [3.8, 4) is 0 Å². The summed E-state index contributed by atoms with van der Waals surface area (Å²) in [6.07, 6.45) is 0.174. The zero-order chi connectivity index (χ0) is 11.4. The maximum absolute atomic E-state index is 5.96. The van der Waals surface area contributed by atoms with Gasteiger partial charge < -0.3 is 10.5 Å². The van der Waals surface area contributed by atoms with Gasteiger partial charge in [0.1, 0.15) is 0 Å². The molecule has 0 aromatic heterocycles. The lowest BCUT2D eigenvalue weighted by Crippen LogP contribution is -2.45. The van der Waals surface area contributed by atoms with E-state index in [1.807, 2.05) is 18.2 Å². The summed E-state index contributed by atoms with van der Waals surface area (Å²) in [6.45, 7) is 4.14. The number of morpholine rings is 1. The lowest BCUT2D eigenvalue weighted by Gasteiger charge is -2.32. The van der Waals surface area contributed by atoms with Crippen molar-refractivity contribution in [3.63, 3.8) is 0 Å². The third-order valence-electron chi connectivity index (χ3n) is 2.78. The first-order chi connectivity index (χ1) is 7.78. The highest BCUT2D eigenvalue weighted by Crippen LogP contribution is 2.14. The average Bonchev–Trinajstić information content (AvgIpc) is 2.29. The summed E-state index contributed by atoms with van der Waals surface area (Å²) in [6, 6.07) is 7.98. The van der Waals surface area contributed by atoms with Crippen LogP contribution in [0.2, 0.25) is 5.02 Å². The van der Waals surface area contributed by atoms with Gasteiger partial charge in [-0.1, -0.05) is 23.7 Å². The molecule has 1 aliphatic heterocycles. The van der Waals surface area contributed by atoms with Crippen molar-refractivity contribution in [2.45, 2.75) is 12.6 Å². The summed E-state index contributed by atoms with van der Waals surface area (Å²) in [5.74, 6) is 0. The summed E-state index contributed by atoms with van der Waals surface area (Å²) in [4.78, 5) is 2.35. The van der Waals surface area contributed by atoms with Gasteiger partial charge >= 0.3 is 0 Å². The molecule has 2 rings (SSSR count). The molecule has 0 saturated carbocycles. The summed E-state index contributed by atoms with van der Waals surface area (Å²) in [5.41, 5.74) is 6.85.